The summed E-state index contributed by atoms with van der Waals surface area (Å²) in [6.07, 6.45) is 2.40. The average molecular weight is 465 g/mol. The predicted molar refractivity (Wildman–Crippen MR) is 150 cm³/mol. The highest BCUT2D eigenvalue weighted by molar-refractivity contribution is 5.34. The molecular weight excluding hydrogens is 412 g/mol. The number of benzene rings is 2. The van der Waals surface area contributed by atoms with E-state index in [1.54, 1.807) is 0 Å². The van der Waals surface area contributed by atoms with E-state index in [0.29, 0.717) is 23.9 Å². The van der Waals surface area contributed by atoms with Crippen LogP contribution in [-0.4, -0.2) is 12.1 Å². The Morgan fingerprint density at radius 3 is 2.03 bits per heavy atom. The van der Waals surface area contributed by atoms with Gasteiger partial charge < -0.3 is 10.6 Å². The Labute approximate surface area is 211 Å². The smallest absolute Gasteiger partial charge is 0.0210 e. The second-order valence-corrected chi connectivity index (χ2v) is 12.3. The fourth-order valence-corrected chi connectivity index (χ4v) is 4.55. The molecule has 0 aromatic heterocycles. The molecule has 2 atom stereocenters. The van der Waals surface area contributed by atoms with Crippen molar-refractivity contribution in [3.63, 3.8) is 0 Å². The minimum Gasteiger partial charge on any atom is -0.310 e. The molecule has 2 N–H and O–H groups in total. The summed E-state index contributed by atoms with van der Waals surface area (Å²) in [5.41, 5.74) is 6.09. The fraction of sp³-hybridized carbons (Fsp3) is 0.625. The van der Waals surface area contributed by atoms with Crippen molar-refractivity contribution in [3.8, 4) is 0 Å². The van der Waals surface area contributed by atoms with Crippen LogP contribution < -0.4 is 10.6 Å². The molecule has 0 heterocycles. The van der Waals surface area contributed by atoms with Gasteiger partial charge in [0.15, 0.2) is 0 Å². The average Bonchev–Trinajstić information content (AvgIpc) is 2.79. The lowest BCUT2D eigenvalue weighted by Crippen LogP contribution is -2.32. The lowest BCUT2D eigenvalue weighted by atomic mass is 9.70. The third-order valence-electron chi connectivity index (χ3n) is 8.45. The molecule has 2 nitrogen and oxygen atoms in total. The Balaban J connectivity index is 1.95. The van der Waals surface area contributed by atoms with E-state index in [1.165, 1.54) is 35.1 Å². The summed E-state index contributed by atoms with van der Waals surface area (Å²) in [6, 6.07) is 19.1. The molecule has 2 aromatic rings. The van der Waals surface area contributed by atoms with Crippen LogP contribution in [0.25, 0.3) is 0 Å². The molecule has 2 heteroatoms. The number of hydrogen-bond donors (Lipinski definition) is 2. The molecule has 2 unspecified atom stereocenters. The normalized spacial score (nSPS) is 14.6. The largest absolute Gasteiger partial charge is 0.310 e. The van der Waals surface area contributed by atoms with E-state index in [1.807, 2.05) is 0 Å². The molecule has 34 heavy (non-hydrogen) atoms. The highest BCUT2D eigenvalue weighted by atomic mass is 14.9. The van der Waals surface area contributed by atoms with Crippen LogP contribution in [0.5, 0.6) is 0 Å². The van der Waals surface area contributed by atoms with Gasteiger partial charge in [-0.25, -0.2) is 0 Å². The predicted octanol–water partition coefficient (Wildman–Crippen LogP) is 7.99. The van der Waals surface area contributed by atoms with Crippen LogP contribution in [0.3, 0.4) is 0 Å². The minimum atomic E-state index is 0.145. The van der Waals surface area contributed by atoms with E-state index in [4.69, 9.17) is 0 Å². The van der Waals surface area contributed by atoms with Crippen molar-refractivity contribution in [2.75, 3.05) is 0 Å². The van der Waals surface area contributed by atoms with Gasteiger partial charge in [-0.05, 0) is 64.7 Å². The highest BCUT2D eigenvalue weighted by Gasteiger charge is 2.30. The van der Waals surface area contributed by atoms with Crippen LogP contribution in [-0.2, 0) is 23.9 Å². The molecule has 2 aromatic carbocycles. The van der Waals surface area contributed by atoms with Gasteiger partial charge in [0.05, 0.1) is 0 Å². The minimum absolute atomic E-state index is 0.145. The molecule has 0 spiro atoms. The van der Waals surface area contributed by atoms with E-state index in [0.717, 1.165) is 13.1 Å². The van der Waals surface area contributed by atoms with Crippen LogP contribution in [0.2, 0.25) is 0 Å². The monoisotopic (exact) mass is 464 g/mol. The molecule has 0 bridgehead atoms. The lowest BCUT2D eigenvalue weighted by molar-refractivity contribution is 0.301. The maximum absolute atomic E-state index is 3.79. The van der Waals surface area contributed by atoms with Gasteiger partial charge in [-0.3, -0.25) is 0 Å². The molecule has 0 fully saturated rings. The summed E-state index contributed by atoms with van der Waals surface area (Å²) in [7, 11) is 0. The maximum atomic E-state index is 3.79. The van der Waals surface area contributed by atoms with E-state index in [-0.39, 0.29) is 10.8 Å². The second-order valence-electron chi connectivity index (χ2n) is 12.3. The van der Waals surface area contributed by atoms with Crippen molar-refractivity contribution in [2.45, 2.75) is 118 Å². The Kier molecular flexibility index (Phi) is 10.4. The van der Waals surface area contributed by atoms with Crippen molar-refractivity contribution in [3.05, 3.63) is 70.8 Å². The molecular formula is C32H52N2. The third kappa shape index (κ3) is 7.68. The summed E-state index contributed by atoms with van der Waals surface area (Å²) in [5, 5.41) is 7.39. The van der Waals surface area contributed by atoms with E-state index in [2.05, 4.69) is 128 Å². The highest BCUT2D eigenvalue weighted by Crippen LogP contribution is 2.36. The number of hydrogen-bond acceptors (Lipinski definition) is 2. The van der Waals surface area contributed by atoms with Crippen LogP contribution in [0.15, 0.2) is 48.5 Å². The quantitative estimate of drug-likeness (QED) is 0.314. The molecule has 190 valence electrons. The maximum Gasteiger partial charge on any atom is 0.0210 e. The van der Waals surface area contributed by atoms with Crippen LogP contribution in [0.4, 0.5) is 0 Å². The first-order valence-electron chi connectivity index (χ1n) is 13.5. The molecule has 0 aliphatic heterocycles. The van der Waals surface area contributed by atoms with Gasteiger partial charge in [0.25, 0.3) is 0 Å². The van der Waals surface area contributed by atoms with Crippen molar-refractivity contribution in [1.29, 1.82) is 0 Å². The van der Waals surface area contributed by atoms with E-state index < -0.39 is 0 Å². The van der Waals surface area contributed by atoms with Gasteiger partial charge in [0.2, 0.25) is 0 Å². The zero-order chi connectivity index (χ0) is 25.5. The Bertz CT molecular complexity index is 878. The van der Waals surface area contributed by atoms with Gasteiger partial charge in [-0.15, -0.1) is 0 Å². The van der Waals surface area contributed by atoms with Crippen LogP contribution >= 0.6 is 0 Å². The number of rotatable bonds is 13. The van der Waals surface area contributed by atoms with Crippen molar-refractivity contribution < 1.29 is 0 Å². The molecule has 0 aliphatic carbocycles. The first kappa shape index (κ1) is 28.6. The molecule has 0 saturated heterocycles. The zero-order valence-electron chi connectivity index (χ0n) is 23.8. The van der Waals surface area contributed by atoms with Gasteiger partial charge >= 0.3 is 0 Å². The SMILES string of the molecule is CC(C)NCc1ccccc1C(C)(C)C(C)CCC(C)NCc1cccc(C(C)(C)C(C)C)c1. The van der Waals surface area contributed by atoms with Crippen molar-refractivity contribution in [1.82, 2.24) is 10.6 Å². The van der Waals surface area contributed by atoms with Gasteiger partial charge in [0, 0.05) is 25.2 Å². The molecule has 0 saturated carbocycles. The standard InChI is InChI=1S/C32H52N2/c1-23(2)31(7,8)29-16-13-14-27(20-29)21-34-26(6)19-18-25(5)32(9,10)30-17-12-11-15-28(30)22-33-24(3)4/h11-17,20,23-26,33-34H,18-19,21-22H2,1-10H3. The van der Waals surface area contributed by atoms with Crippen molar-refractivity contribution >= 4 is 0 Å². The van der Waals surface area contributed by atoms with Gasteiger partial charge in [-0.2, -0.15) is 0 Å². The summed E-state index contributed by atoms with van der Waals surface area (Å²) in [6.45, 7) is 25.2. The summed E-state index contributed by atoms with van der Waals surface area (Å²) >= 11 is 0. The molecule has 0 radical (unpaired) electrons. The fourth-order valence-electron chi connectivity index (χ4n) is 4.55. The zero-order valence-corrected chi connectivity index (χ0v) is 23.8. The first-order valence-corrected chi connectivity index (χ1v) is 13.5. The molecule has 0 aliphatic rings. The van der Waals surface area contributed by atoms with Gasteiger partial charge in [-0.1, -0.05) is 111 Å². The third-order valence-corrected chi connectivity index (χ3v) is 8.45. The Morgan fingerprint density at radius 1 is 0.706 bits per heavy atom. The van der Waals surface area contributed by atoms with E-state index >= 15 is 0 Å². The van der Waals surface area contributed by atoms with Crippen molar-refractivity contribution in [2.24, 2.45) is 11.8 Å². The summed E-state index contributed by atoms with van der Waals surface area (Å²) in [4.78, 5) is 0. The van der Waals surface area contributed by atoms with E-state index in [9.17, 15) is 0 Å². The second kappa shape index (κ2) is 12.4. The lowest BCUT2D eigenvalue weighted by Gasteiger charge is -2.35. The topological polar surface area (TPSA) is 24.1 Å². The number of nitrogens with one attached hydrogen (secondary N) is 2. The molecule has 0 amide bonds. The summed E-state index contributed by atoms with van der Waals surface area (Å²) in [5.74, 6) is 1.22. The van der Waals surface area contributed by atoms with Crippen LogP contribution in [0, 0.1) is 11.8 Å². The Morgan fingerprint density at radius 2 is 1.38 bits per heavy atom. The van der Waals surface area contributed by atoms with Gasteiger partial charge in [0.1, 0.15) is 0 Å². The Hall–Kier alpha value is -1.64. The summed E-state index contributed by atoms with van der Waals surface area (Å²) < 4.78 is 0. The molecule has 2 rings (SSSR count). The van der Waals surface area contributed by atoms with Crippen LogP contribution in [0.1, 0.15) is 104 Å². The first-order chi connectivity index (χ1) is 15.9.